The van der Waals surface area contributed by atoms with E-state index in [4.69, 9.17) is 0 Å². The van der Waals surface area contributed by atoms with Crippen LogP contribution in [0.25, 0.3) is 0 Å². The average Bonchev–Trinajstić information content (AvgIpc) is 2.19. The minimum absolute atomic E-state index is 0.117. The van der Waals surface area contributed by atoms with Gasteiger partial charge in [0.25, 0.3) is 0 Å². The molecule has 2 N–H and O–H groups in total. The Morgan fingerprint density at radius 3 is 3.13 bits per heavy atom. The molecule has 0 fully saturated rings. The largest absolute Gasteiger partial charge is 0.382 e. The second-order valence-electron chi connectivity index (χ2n) is 3.85. The van der Waals surface area contributed by atoms with Gasteiger partial charge in [0.05, 0.1) is 6.04 Å². The van der Waals surface area contributed by atoms with Crippen LogP contribution in [0.1, 0.15) is 24.9 Å². The Balaban J connectivity index is 2.38. The van der Waals surface area contributed by atoms with Gasteiger partial charge in [-0.25, -0.2) is 0 Å². The van der Waals surface area contributed by atoms with Crippen LogP contribution in [0.5, 0.6) is 0 Å². The molecule has 1 aromatic rings. The summed E-state index contributed by atoms with van der Waals surface area (Å²) in [4.78, 5) is 10.5. The lowest BCUT2D eigenvalue weighted by Crippen LogP contribution is -2.32. The third-order valence-electron chi connectivity index (χ3n) is 2.65. The highest BCUT2D eigenvalue weighted by Gasteiger charge is 2.23. The van der Waals surface area contributed by atoms with Gasteiger partial charge in [-0.15, -0.1) is 0 Å². The van der Waals surface area contributed by atoms with Crippen molar-refractivity contribution >= 4 is 28.0 Å². The van der Waals surface area contributed by atoms with Crippen LogP contribution in [0.2, 0.25) is 0 Å². The number of benzene rings is 1. The van der Waals surface area contributed by atoms with Crippen molar-refractivity contribution in [3.63, 3.8) is 0 Å². The molecule has 0 saturated carbocycles. The smallest absolute Gasteiger partial charge is 0.207 e. The van der Waals surface area contributed by atoms with Crippen LogP contribution in [-0.2, 0) is 4.79 Å². The summed E-state index contributed by atoms with van der Waals surface area (Å²) in [5.41, 5.74) is 2.26. The second-order valence-corrected chi connectivity index (χ2v) is 4.77. The number of carbonyl (C=O) groups is 1. The second kappa shape index (κ2) is 4.23. The van der Waals surface area contributed by atoms with Crippen molar-refractivity contribution in [3.8, 4) is 0 Å². The van der Waals surface area contributed by atoms with E-state index in [1.165, 1.54) is 0 Å². The molecule has 1 aliphatic heterocycles. The minimum atomic E-state index is 0.117. The summed E-state index contributed by atoms with van der Waals surface area (Å²) in [5, 5.41) is 6.26. The average molecular weight is 269 g/mol. The van der Waals surface area contributed by atoms with Crippen molar-refractivity contribution in [2.75, 3.05) is 5.32 Å². The number of hydrogen-bond acceptors (Lipinski definition) is 2. The van der Waals surface area contributed by atoms with E-state index < -0.39 is 0 Å². The monoisotopic (exact) mass is 268 g/mol. The molecule has 0 saturated heterocycles. The molecule has 80 valence electrons. The maximum Gasteiger partial charge on any atom is 0.207 e. The van der Waals surface area contributed by atoms with Crippen LogP contribution < -0.4 is 10.6 Å². The Bertz CT molecular complexity index is 381. The Kier molecular flexibility index (Phi) is 2.95. The molecule has 2 rings (SSSR count). The topological polar surface area (TPSA) is 41.1 Å². The van der Waals surface area contributed by atoms with Crippen LogP contribution in [0, 0.1) is 0 Å². The van der Waals surface area contributed by atoms with E-state index in [2.05, 4.69) is 39.6 Å². The molecule has 1 aliphatic rings. The maximum atomic E-state index is 10.5. The van der Waals surface area contributed by atoms with Gasteiger partial charge in [0, 0.05) is 16.2 Å². The summed E-state index contributed by atoms with van der Waals surface area (Å²) in [6.45, 7) is 2.12. The lowest BCUT2D eigenvalue weighted by Gasteiger charge is -2.31. The van der Waals surface area contributed by atoms with E-state index in [0.29, 0.717) is 6.04 Å². The van der Waals surface area contributed by atoms with Gasteiger partial charge in [0.2, 0.25) is 6.41 Å². The van der Waals surface area contributed by atoms with Gasteiger partial charge in [-0.3, -0.25) is 4.79 Å². The Hall–Kier alpha value is -1.03. The van der Waals surface area contributed by atoms with Crippen molar-refractivity contribution in [1.82, 2.24) is 5.32 Å². The number of hydrogen-bond donors (Lipinski definition) is 2. The quantitative estimate of drug-likeness (QED) is 0.810. The highest BCUT2D eigenvalue weighted by atomic mass is 79.9. The number of anilines is 1. The molecule has 0 aliphatic carbocycles. The number of nitrogens with one attached hydrogen (secondary N) is 2. The highest BCUT2D eigenvalue weighted by molar-refractivity contribution is 9.10. The predicted molar refractivity (Wildman–Crippen MR) is 63.8 cm³/mol. The van der Waals surface area contributed by atoms with E-state index in [9.17, 15) is 4.79 Å². The van der Waals surface area contributed by atoms with Crippen LogP contribution >= 0.6 is 15.9 Å². The predicted octanol–water partition coefficient (Wildman–Crippen LogP) is 2.44. The molecule has 3 nitrogen and oxygen atoms in total. The third-order valence-corrected chi connectivity index (χ3v) is 3.14. The molecule has 15 heavy (non-hydrogen) atoms. The van der Waals surface area contributed by atoms with Gasteiger partial charge >= 0.3 is 0 Å². The van der Waals surface area contributed by atoms with Crippen LogP contribution in [0.4, 0.5) is 5.69 Å². The Morgan fingerprint density at radius 1 is 1.60 bits per heavy atom. The molecule has 2 atom stereocenters. The molecule has 1 heterocycles. The molecule has 0 unspecified atom stereocenters. The zero-order valence-electron chi connectivity index (χ0n) is 8.46. The van der Waals surface area contributed by atoms with Crippen molar-refractivity contribution in [1.29, 1.82) is 0 Å². The first-order chi connectivity index (χ1) is 7.20. The SMILES string of the molecule is C[C@H]1C[C@@H](NC=O)c2cc(Br)ccc2N1. The van der Waals surface area contributed by atoms with Gasteiger partial charge < -0.3 is 10.6 Å². The summed E-state index contributed by atoms with van der Waals surface area (Å²) in [6, 6.07) is 6.59. The molecule has 0 spiro atoms. The van der Waals surface area contributed by atoms with Crippen molar-refractivity contribution in [2.45, 2.75) is 25.4 Å². The summed E-state index contributed by atoms with van der Waals surface area (Å²) >= 11 is 3.44. The molecule has 0 aromatic heterocycles. The van der Waals surface area contributed by atoms with E-state index in [1.807, 2.05) is 12.1 Å². The van der Waals surface area contributed by atoms with Crippen molar-refractivity contribution in [3.05, 3.63) is 28.2 Å². The van der Waals surface area contributed by atoms with Crippen LogP contribution in [0.15, 0.2) is 22.7 Å². The number of amides is 1. The molecule has 0 radical (unpaired) electrons. The standard InChI is InChI=1S/C11H13BrN2O/c1-7-4-11(13-6-15)9-5-8(12)2-3-10(9)14-7/h2-3,5-7,11,14H,4H2,1H3,(H,13,15)/t7-,11+/m0/s1. The lowest BCUT2D eigenvalue weighted by atomic mass is 9.94. The molecule has 1 aromatic carbocycles. The first kappa shape index (κ1) is 10.5. The van der Waals surface area contributed by atoms with Gasteiger partial charge in [-0.2, -0.15) is 0 Å². The van der Waals surface area contributed by atoms with Gasteiger partial charge in [0.15, 0.2) is 0 Å². The molecule has 0 bridgehead atoms. The summed E-state index contributed by atoms with van der Waals surface area (Å²) in [5.74, 6) is 0. The fraction of sp³-hybridized carbons (Fsp3) is 0.364. The lowest BCUT2D eigenvalue weighted by molar-refractivity contribution is -0.110. The minimum Gasteiger partial charge on any atom is -0.382 e. The van der Waals surface area contributed by atoms with E-state index in [-0.39, 0.29) is 6.04 Å². The van der Waals surface area contributed by atoms with Gasteiger partial charge in [0.1, 0.15) is 0 Å². The van der Waals surface area contributed by atoms with Crippen molar-refractivity contribution < 1.29 is 4.79 Å². The van der Waals surface area contributed by atoms with Crippen LogP contribution in [-0.4, -0.2) is 12.5 Å². The Morgan fingerprint density at radius 2 is 2.40 bits per heavy atom. The summed E-state index contributed by atoms with van der Waals surface area (Å²) < 4.78 is 1.04. The number of carbonyl (C=O) groups excluding carboxylic acids is 1. The molecule has 4 heteroatoms. The third kappa shape index (κ3) is 2.15. The fourth-order valence-electron chi connectivity index (χ4n) is 2.00. The summed E-state index contributed by atoms with van der Waals surface area (Å²) in [6.07, 6.45) is 1.69. The molecular formula is C11H13BrN2O. The zero-order valence-corrected chi connectivity index (χ0v) is 10.0. The fourth-order valence-corrected chi connectivity index (χ4v) is 2.38. The van der Waals surface area contributed by atoms with Crippen LogP contribution in [0.3, 0.4) is 0 Å². The summed E-state index contributed by atoms with van der Waals surface area (Å²) in [7, 11) is 0. The Labute approximate surface area is 97.4 Å². The van der Waals surface area contributed by atoms with Crippen molar-refractivity contribution in [2.24, 2.45) is 0 Å². The zero-order chi connectivity index (χ0) is 10.8. The number of halogens is 1. The molecular weight excluding hydrogens is 256 g/mol. The molecule has 1 amide bonds. The van der Waals surface area contributed by atoms with E-state index in [0.717, 1.165) is 28.6 Å². The normalized spacial score (nSPS) is 23.9. The first-order valence-corrected chi connectivity index (χ1v) is 5.75. The van der Waals surface area contributed by atoms with Gasteiger partial charge in [-0.05, 0) is 37.1 Å². The van der Waals surface area contributed by atoms with E-state index >= 15 is 0 Å². The first-order valence-electron chi connectivity index (χ1n) is 4.96. The highest BCUT2D eigenvalue weighted by Crippen LogP contribution is 2.34. The number of fused-ring (bicyclic) bond motifs is 1. The van der Waals surface area contributed by atoms with Gasteiger partial charge in [-0.1, -0.05) is 15.9 Å². The maximum absolute atomic E-state index is 10.5. The van der Waals surface area contributed by atoms with E-state index in [1.54, 1.807) is 0 Å². The number of rotatable bonds is 2.